The fourth-order valence-corrected chi connectivity index (χ4v) is 3.26. The molecular weight excluding hydrogens is 252 g/mol. The lowest BCUT2D eigenvalue weighted by Crippen LogP contribution is -2.25. The van der Waals surface area contributed by atoms with E-state index in [0.29, 0.717) is 6.42 Å². The van der Waals surface area contributed by atoms with Crippen molar-refractivity contribution in [2.45, 2.75) is 18.4 Å². The molecule has 0 saturated heterocycles. The monoisotopic (exact) mass is 270 g/mol. The topological polar surface area (TPSA) is 20.2 Å². The predicted molar refractivity (Wildman–Crippen MR) is 82.5 cm³/mol. The van der Waals surface area contributed by atoms with Gasteiger partial charge in [0.2, 0.25) is 0 Å². The molecule has 1 aromatic carbocycles. The summed E-state index contributed by atoms with van der Waals surface area (Å²) in [6, 6.07) is 13.8. The molecule has 0 fully saturated rings. The third-order valence-electron chi connectivity index (χ3n) is 3.11. The molecule has 0 bridgehead atoms. The first kappa shape index (κ1) is 13.8. The Labute approximate surface area is 118 Å². The first-order chi connectivity index (χ1) is 9.20. The Morgan fingerprint density at radius 3 is 2.42 bits per heavy atom. The van der Waals surface area contributed by atoms with E-state index in [1.165, 1.54) is 4.88 Å². The lowest BCUT2D eigenvalue weighted by molar-refractivity contribution is 0.0881. The van der Waals surface area contributed by atoms with Crippen LogP contribution in [-0.4, -0.2) is 5.11 Å². The minimum atomic E-state index is -0.979. The molecular formula is C17H18OS. The summed E-state index contributed by atoms with van der Waals surface area (Å²) in [5.41, 5.74) is -0.0745. The van der Waals surface area contributed by atoms with Crippen LogP contribution in [-0.2, 0) is 12.0 Å². The molecule has 1 unspecified atom stereocenters. The van der Waals surface area contributed by atoms with Gasteiger partial charge in [0, 0.05) is 16.2 Å². The van der Waals surface area contributed by atoms with Crippen LogP contribution in [0.25, 0.3) is 0 Å². The second-order valence-corrected chi connectivity index (χ2v) is 5.65. The SMILES string of the molecule is C=CCc1ccc(C(O)(CC=C)c2ccccc2)s1. The number of hydrogen-bond acceptors (Lipinski definition) is 2. The molecule has 0 aliphatic rings. The minimum absolute atomic E-state index is 0.505. The van der Waals surface area contributed by atoms with Gasteiger partial charge in [-0.25, -0.2) is 0 Å². The summed E-state index contributed by atoms with van der Waals surface area (Å²) >= 11 is 1.63. The van der Waals surface area contributed by atoms with Crippen LogP contribution >= 0.6 is 11.3 Å². The molecule has 0 spiro atoms. The van der Waals surface area contributed by atoms with Crippen molar-refractivity contribution in [1.82, 2.24) is 0 Å². The summed E-state index contributed by atoms with van der Waals surface area (Å²) in [4.78, 5) is 2.17. The van der Waals surface area contributed by atoms with Gasteiger partial charge in [-0.05, 0) is 24.1 Å². The van der Waals surface area contributed by atoms with Crippen LogP contribution in [0.2, 0.25) is 0 Å². The molecule has 1 heterocycles. The third-order valence-corrected chi connectivity index (χ3v) is 4.36. The zero-order valence-corrected chi connectivity index (χ0v) is 11.7. The highest BCUT2D eigenvalue weighted by atomic mass is 32.1. The average molecular weight is 270 g/mol. The van der Waals surface area contributed by atoms with Gasteiger partial charge in [0.25, 0.3) is 0 Å². The fraction of sp³-hybridized carbons (Fsp3) is 0.176. The summed E-state index contributed by atoms with van der Waals surface area (Å²) < 4.78 is 0. The molecule has 98 valence electrons. The van der Waals surface area contributed by atoms with E-state index in [1.807, 2.05) is 42.5 Å². The number of rotatable bonds is 6. The van der Waals surface area contributed by atoms with Crippen LogP contribution in [0.4, 0.5) is 0 Å². The van der Waals surface area contributed by atoms with Gasteiger partial charge in [-0.1, -0.05) is 42.5 Å². The highest BCUT2D eigenvalue weighted by molar-refractivity contribution is 7.12. The molecule has 1 N–H and O–H groups in total. The Kier molecular flexibility index (Phi) is 4.35. The maximum Gasteiger partial charge on any atom is 0.127 e. The molecule has 2 aromatic rings. The summed E-state index contributed by atoms with van der Waals surface area (Å²) in [5.74, 6) is 0. The van der Waals surface area contributed by atoms with Gasteiger partial charge in [-0.2, -0.15) is 0 Å². The van der Waals surface area contributed by atoms with E-state index in [1.54, 1.807) is 17.4 Å². The molecule has 2 rings (SSSR count). The van der Waals surface area contributed by atoms with Crippen molar-refractivity contribution >= 4 is 11.3 Å². The lowest BCUT2D eigenvalue weighted by atomic mass is 9.89. The van der Waals surface area contributed by atoms with Gasteiger partial charge in [-0.3, -0.25) is 0 Å². The van der Waals surface area contributed by atoms with Gasteiger partial charge in [-0.15, -0.1) is 24.5 Å². The molecule has 0 amide bonds. The van der Waals surface area contributed by atoms with Gasteiger partial charge >= 0.3 is 0 Å². The Morgan fingerprint density at radius 2 is 1.79 bits per heavy atom. The van der Waals surface area contributed by atoms with Crippen molar-refractivity contribution in [2.24, 2.45) is 0 Å². The number of benzene rings is 1. The smallest absolute Gasteiger partial charge is 0.127 e. The van der Waals surface area contributed by atoms with E-state index in [4.69, 9.17) is 0 Å². The first-order valence-corrected chi connectivity index (χ1v) is 7.11. The summed E-state index contributed by atoms with van der Waals surface area (Å²) in [6.07, 6.45) is 4.99. The molecule has 2 heteroatoms. The number of thiophene rings is 1. The van der Waals surface area contributed by atoms with Crippen molar-refractivity contribution in [2.75, 3.05) is 0 Å². The zero-order chi connectivity index (χ0) is 13.7. The van der Waals surface area contributed by atoms with Crippen molar-refractivity contribution in [3.8, 4) is 0 Å². The molecule has 1 aromatic heterocycles. The second kappa shape index (κ2) is 6.00. The molecule has 0 aliphatic carbocycles. The van der Waals surface area contributed by atoms with Gasteiger partial charge in [0.05, 0.1) is 0 Å². The van der Waals surface area contributed by atoms with E-state index in [-0.39, 0.29) is 0 Å². The zero-order valence-electron chi connectivity index (χ0n) is 10.9. The molecule has 1 atom stereocenters. The maximum atomic E-state index is 11.0. The Bertz CT molecular complexity index is 556. The maximum absolute atomic E-state index is 11.0. The van der Waals surface area contributed by atoms with Gasteiger partial charge in [0.1, 0.15) is 5.60 Å². The highest BCUT2D eigenvalue weighted by Crippen LogP contribution is 2.37. The predicted octanol–water partition coefficient (Wildman–Crippen LogP) is 4.29. The third kappa shape index (κ3) is 2.86. The minimum Gasteiger partial charge on any atom is -0.379 e. The molecule has 1 nitrogen and oxygen atoms in total. The quantitative estimate of drug-likeness (QED) is 0.776. The van der Waals surface area contributed by atoms with E-state index >= 15 is 0 Å². The van der Waals surface area contributed by atoms with Crippen LogP contribution in [0.15, 0.2) is 67.8 Å². The number of allylic oxidation sites excluding steroid dienone is 1. The van der Waals surface area contributed by atoms with Crippen molar-refractivity contribution < 1.29 is 5.11 Å². The summed E-state index contributed by atoms with van der Waals surface area (Å²) in [6.45, 7) is 7.52. The van der Waals surface area contributed by atoms with Crippen LogP contribution in [0.1, 0.15) is 21.7 Å². The summed E-state index contributed by atoms with van der Waals surface area (Å²) in [7, 11) is 0. The van der Waals surface area contributed by atoms with E-state index in [9.17, 15) is 5.11 Å². The highest BCUT2D eigenvalue weighted by Gasteiger charge is 2.31. The largest absolute Gasteiger partial charge is 0.379 e. The Morgan fingerprint density at radius 1 is 1.05 bits per heavy atom. The second-order valence-electron chi connectivity index (χ2n) is 4.48. The average Bonchev–Trinajstić information content (AvgIpc) is 2.90. The first-order valence-electron chi connectivity index (χ1n) is 6.29. The number of hydrogen-bond donors (Lipinski definition) is 1. The fourth-order valence-electron chi connectivity index (χ4n) is 2.14. The van der Waals surface area contributed by atoms with Gasteiger partial charge in [0.15, 0.2) is 0 Å². The normalized spacial score (nSPS) is 13.7. The van der Waals surface area contributed by atoms with E-state index in [2.05, 4.69) is 19.2 Å². The van der Waals surface area contributed by atoms with Crippen LogP contribution in [0, 0.1) is 0 Å². The van der Waals surface area contributed by atoms with Gasteiger partial charge < -0.3 is 5.11 Å². The molecule has 0 radical (unpaired) electrons. The van der Waals surface area contributed by atoms with Crippen LogP contribution in [0.3, 0.4) is 0 Å². The molecule has 0 aliphatic heterocycles. The number of aliphatic hydroxyl groups is 1. The summed E-state index contributed by atoms with van der Waals surface area (Å²) in [5, 5.41) is 11.0. The Balaban J connectivity index is 2.43. The van der Waals surface area contributed by atoms with Crippen LogP contribution < -0.4 is 0 Å². The molecule has 0 saturated carbocycles. The lowest BCUT2D eigenvalue weighted by Gasteiger charge is -2.26. The van der Waals surface area contributed by atoms with Crippen molar-refractivity contribution in [3.05, 3.63) is 83.1 Å². The van der Waals surface area contributed by atoms with Crippen molar-refractivity contribution in [1.29, 1.82) is 0 Å². The van der Waals surface area contributed by atoms with E-state index < -0.39 is 5.60 Å². The van der Waals surface area contributed by atoms with Crippen molar-refractivity contribution in [3.63, 3.8) is 0 Å². The van der Waals surface area contributed by atoms with E-state index in [0.717, 1.165) is 16.9 Å². The molecule has 19 heavy (non-hydrogen) atoms. The standard InChI is InChI=1S/C17H18OS/c1-3-8-15-11-12-16(19-15)17(18,13-4-2)14-9-6-5-7-10-14/h3-7,9-12,18H,1-2,8,13H2. The Hall–Kier alpha value is -1.64. The van der Waals surface area contributed by atoms with Crippen LogP contribution in [0.5, 0.6) is 0 Å².